The van der Waals surface area contributed by atoms with Crippen molar-refractivity contribution in [3.8, 4) is 22.8 Å². The van der Waals surface area contributed by atoms with E-state index in [4.69, 9.17) is 9.84 Å². The summed E-state index contributed by atoms with van der Waals surface area (Å²) >= 11 is 0. The summed E-state index contributed by atoms with van der Waals surface area (Å²) in [5.41, 5.74) is 6.05. The van der Waals surface area contributed by atoms with Crippen LogP contribution in [0.4, 0.5) is 9.59 Å². The van der Waals surface area contributed by atoms with E-state index in [1.54, 1.807) is 4.90 Å². The van der Waals surface area contributed by atoms with Crippen molar-refractivity contribution in [2.45, 2.75) is 39.2 Å². The normalized spacial score (nSPS) is 15.9. The van der Waals surface area contributed by atoms with Gasteiger partial charge in [-0.1, -0.05) is 60.7 Å². The van der Waals surface area contributed by atoms with E-state index in [1.807, 2.05) is 50.6 Å². The monoisotopic (exact) mass is 541 g/mol. The average molecular weight is 542 g/mol. The highest BCUT2D eigenvalue weighted by atomic mass is 16.6. The van der Waals surface area contributed by atoms with Gasteiger partial charge >= 0.3 is 12.2 Å². The second kappa shape index (κ2) is 11.0. The Balaban J connectivity index is 1.26. The molecule has 0 radical (unpaired) electrons. The summed E-state index contributed by atoms with van der Waals surface area (Å²) in [5, 5.41) is 18.1. The zero-order chi connectivity index (χ0) is 28.4. The van der Waals surface area contributed by atoms with Crippen molar-refractivity contribution >= 4 is 23.3 Å². The third-order valence-electron chi connectivity index (χ3n) is 7.24. The van der Waals surface area contributed by atoms with Crippen LogP contribution >= 0.6 is 0 Å². The molecule has 0 atom stereocenters. The average Bonchev–Trinajstić information content (AvgIpc) is 3.33. The van der Waals surface area contributed by atoms with E-state index in [0.29, 0.717) is 32.6 Å². The highest BCUT2D eigenvalue weighted by molar-refractivity contribution is 5.75. The van der Waals surface area contributed by atoms with Crippen LogP contribution < -0.4 is 0 Å². The smallest absolute Gasteiger partial charge is 0.410 e. The number of nitrogens with zero attached hydrogens (tertiary/aromatic N) is 5. The molecule has 0 bridgehead atoms. The van der Waals surface area contributed by atoms with E-state index >= 15 is 0 Å². The topological polar surface area (TPSA) is 101 Å². The molecule has 3 aromatic rings. The van der Waals surface area contributed by atoms with Crippen LogP contribution in [0.3, 0.4) is 0 Å². The Morgan fingerprint density at radius 1 is 0.750 bits per heavy atom. The molecule has 5 rings (SSSR count). The second-order valence-electron chi connectivity index (χ2n) is 11.2. The zero-order valence-corrected chi connectivity index (χ0v) is 23.4. The molecular formula is C31H35N5O4. The van der Waals surface area contributed by atoms with Crippen LogP contribution in [-0.2, 0) is 11.8 Å². The minimum Gasteiger partial charge on any atom is -0.465 e. The number of carbonyl (C=O) groups is 2. The first-order valence-corrected chi connectivity index (χ1v) is 13.5. The minimum atomic E-state index is -0.879. The largest absolute Gasteiger partial charge is 0.465 e. The lowest BCUT2D eigenvalue weighted by molar-refractivity contribution is 0.0270. The van der Waals surface area contributed by atoms with Gasteiger partial charge in [0, 0.05) is 44.4 Å². The third-order valence-corrected chi connectivity index (χ3v) is 7.24. The van der Waals surface area contributed by atoms with Crippen molar-refractivity contribution in [3.05, 3.63) is 71.8 Å². The van der Waals surface area contributed by atoms with Gasteiger partial charge in [0.25, 0.3) is 0 Å². The summed E-state index contributed by atoms with van der Waals surface area (Å²) in [6, 6.07) is 16.5. The standard InChI is InChI=1S/C31H35N5O4/c1-31(2,3)40-30(39)36-19-15-24(16-20-36)22-7-11-26(12-8-22)28-33-32-27(34(28)4)25-9-5-21(6-10-25)23-13-17-35(18-14-23)29(37)38/h5-13,15H,14,16-20H2,1-4H3,(H,37,38). The number of hydrogen-bond acceptors (Lipinski definition) is 5. The van der Waals surface area contributed by atoms with Gasteiger partial charge in [-0.25, -0.2) is 9.59 Å². The molecule has 2 aliphatic heterocycles. The fourth-order valence-electron chi connectivity index (χ4n) is 5.03. The van der Waals surface area contributed by atoms with Crippen molar-refractivity contribution < 1.29 is 19.4 Å². The van der Waals surface area contributed by atoms with E-state index < -0.39 is 11.7 Å². The molecule has 2 aliphatic rings. The quantitative estimate of drug-likeness (QED) is 0.439. The van der Waals surface area contributed by atoms with Gasteiger partial charge in [-0.05, 0) is 55.9 Å². The number of benzene rings is 2. The Morgan fingerprint density at radius 2 is 1.18 bits per heavy atom. The Bertz CT molecular complexity index is 1460. The molecule has 0 fully saturated rings. The van der Waals surface area contributed by atoms with E-state index in [2.05, 4.69) is 52.7 Å². The Labute approximate surface area is 234 Å². The first kappa shape index (κ1) is 27.2. The lowest BCUT2D eigenvalue weighted by Gasteiger charge is -2.29. The van der Waals surface area contributed by atoms with Crippen molar-refractivity contribution in [3.63, 3.8) is 0 Å². The molecule has 9 heteroatoms. The molecule has 0 saturated carbocycles. The summed E-state index contributed by atoms with van der Waals surface area (Å²) in [5.74, 6) is 1.56. The van der Waals surface area contributed by atoms with Crippen LogP contribution in [0.5, 0.6) is 0 Å². The Kier molecular flexibility index (Phi) is 7.47. The Morgan fingerprint density at radius 3 is 1.55 bits per heavy atom. The number of rotatable bonds is 4. The van der Waals surface area contributed by atoms with E-state index in [-0.39, 0.29) is 6.09 Å². The number of carbonyl (C=O) groups excluding carboxylic acids is 1. The minimum absolute atomic E-state index is 0.274. The van der Waals surface area contributed by atoms with E-state index in [9.17, 15) is 9.59 Å². The van der Waals surface area contributed by atoms with Gasteiger partial charge in [-0.3, -0.25) is 0 Å². The molecule has 2 aromatic carbocycles. The fraction of sp³-hybridized carbons (Fsp3) is 0.355. The molecule has 40 heavy (non-hydrogen) atoms. The summed E-state index contributed by atoms with van der Waals surface area (Å²) in [6.45, 7) is 7.73. The Hall–Kier alpha value is -4.40. The molecule has 0 aliphatic carbocycles. The van der Waals surface area contributed by atoms with Gasteiger partial charge in [-0.2, -0.15) is 0 Å². The maximum Gasteiger partial charge on any atom is 0.410 e. The molecule has 208 valence electrons. The molecule has 0 spiro atoms. The summed E-state index contributed by atoms with van der Waals surface area (Å²) in [7, 11) is 1.96. The zero-order valence-electron chi connectivity index (χ0n) is 23.4. The summed E-state index contributed by atoms with van der Waals surface area (Å²) < 4.78 is 7.49. The van der Waals surface area contributed by atoms with E-state index in [0.717, 1.165) is 45.9 Å². The van der Waals surface area contributed by atoms with Crippen LogP contribution in [-0.4, -0.2) is 73.6 Å². The second-order valence-corrected chi connectivity index (χ2v) is 11.2. The molecule has 0 unspecified atom stereocenters. The predicted molar refractivity (Wildman–Crippen MR) is 154 cm³/mol. The van der Waals surface area contributed by atoms with E-state index in [1.165, 1.54) is 10.5 Å². The maximum atomic E-state index is 12.4. The SMILES string of the molecule is Cn1c(-c2ccc(C3=CCN(C(=O)O)CC3)cc2)nnc1-c1ccc(C2=CCN(C(=O)OC(C)(C)C)CC2)cc1. The van der Waals surface area contributed by atoms with Gasteiger partial charge < -0.3 is 24.2 Å². The van der Waals surface area contributed by atoms with Gasteiger partial charge in [0.15, 0.2) is 11.6 Å². The predicted octanol–water partition coefficient (Wildman–Crippen LogP) is 5.94. The van der Waals surface area contributed by atoms with Gasteiger partial charge in [-0.15, -0.1) is 10.2 Å². The van der Waals surface area contributed by atoms with Gasteiger partial charge in [0.05, 0.1) is 0 Å². The molecule has 9 nitrogen and oxygen atoms in total. The molecular weight excluding hydrogens is 506 g/mol. The summed E-state index contributed by atoms with van der Waals surface area (Å²) in [4.78, 5) is 26.7. The number of hydrogen-bond donors (Lipinski definition) is 1. The molecule has 3 heterocycles. The van der Waals surface area contributed by atoms with Crippen molar-refractivity contribution in [1.82, 2.24) is 24.6 Å². The van der Waals surface area contributed by atoms with Crippen LogP contribution in [0.2, 0.25) is 0 Å². The molecule has 1 aromatic heterocycles. The van der Waals surface area contributed by atoms with Crippen LogP contribution in [0.15, 0.2) is 60.7 Å². The van der Waals surface area contributed by atoms with Gasteiger partial charge in [0.1, 0.15) is 5.60 Å². The maximum absolute atomic E-state index is 12.4. The number of ether oxygens (including phenoxy) is 1. The van der Waals surface area contributed by atoms with Crippen molar-refractivity contribution in [2.24, 2.45) is 7.05 Å². The third kappa shape index (κ3) is 5.93. The van der Waals surface area contributed by atoms with Crippen molar-refractivity contribution in [1.29, 1.82) is 0 Å². The lowest BCUT2D eigenvalue weighted by atomic mass is 9.98. The highest BCUT2D eigenvalue weighted by Gasteiger charge is 2.24. The number of carboxylic acid groups (broad SMARTS) is 1. The van der Waals surface area contributed by atoms with Crippen LogP contribution in [0.1, 0.15) is 44.7 Å². The highest BCUT2D eigenvalue weighted by Crippen LogP contribution is 2.29. The first-order chi connectivity index (χ1) is 19.1. The first-order valence-electron chi connectivity index (χ1n) is 13.5. The summed E-state index contributed by atoms with van der Waals surface area (Å²) in [6.07, 6.45) is 4.40. The molecule has 0 saturated heterocycles. The van der Waals surface area contributed by atoms with Crippen molar-refractivity contribution in [2.75, 3.05) is 26.2 Å². The fourth-order valence-corrected chi connectivity index (χ4v) is 5.03. The molecule has 2 amide bonds. The number of amides is 2. The van der Waals surface area contributed by atoms with Crippen LogP contribution in [0, 0.1) is 0 Å². The van der Waals surface area contributed by atoms with Crippen LogP contribution in [0.25, 0.3) is 33.9 Å². The molecule has 1 N–H and O–H groups in total. The van der Waals surface area contributed by atoms with Gasteiger partial charge in [0.2, 0.25) is 0 Å². The number of aromatic nitrogens is 3. The lowest BCUT2D eigenvalue weighted by Crippen LogP contribution is -2.39.